The van der Waals surface area contributed by atoms with Crippen molar-refractivity contribution < 1.29 is 22.8 Å². The maximum absolute atomic E-state index is 12.4. The zero-order valence-corrected chi connectivity index (χ0v) is 9.62. The van der Waals surface area contributed by atoms with E-state index in [0.717, 1.165) is 6.92 Å². The monoisotopic (exact) mass is 259 g/mol. The molecule has 0 heterocycles. The number of hydrogen-bond acceptors (Lipinski definition) is 2. The zero-order chi connectivity index (χ0) is 13.8. The van der Waals surface area contributed by atoms with Crippen LogP contribution in [0.2, 0.25) is 0 Å². The third-order valence-electron chi connectivity index (χ3n) is 2.26. The number of benzene rings is 1. The molecule has 0 saturated heterocycles. The minimum Gasteiger partial charge on any atom is -0.349 e. The Morgan fingerprint density at radius 3 is 2.61 bits per heavy atom. The molecule has 3 nitrogen and oxygen atoms in total. The Morgan fingerprint density at radius 2 is 2.11 bits per heavy atom. The van der Waals surface area contributed by atoms with Gasteiger partial charge in [-0.25, -0.2) is 0 Å². The quantitative estimate of drug-likeness (QED) is 0.845. The highest BCUT2D eigenvalue weighted by molar-refractivity contribution is 5.76. The van der Waals surface area contributed by atoms with Gasteiger partial charge in [0.2, 0.25) is 5.91 Å². The van der Waals surface area contributed by atoms with E-state index in [-0.39, 0.29) is 11.1 Å². The van der Waals surface area contributed by atoms with Crippen LogP contribution in [-0.2, 0) is 4.79 Å². The van der Waals surface area contributed by atoms with E-state index in [1.807, 2.05) is 0 Å². The van der Waals surface area contributed by atoms with E-state index in [2.05, 4.69) is 5.32 Å². The van der Waals surface area contributed by atoms with E-state index in [4.69, 9.17) is 0 Å². The SMILES string of the molecule is CC(=O)N[C@@H](CC(F)(F)F)c1cccc(C=O)c1. The largest absolute Gasteiger partial charge is 0.391 e. The summed E-state index contributed by atoms with van der Waals surface area (Å²) >= 11 is 0. The Labute approximate surface area is 102 Å². The lowest BCUT2D eigenvalue weighted by atomic mass is 10.0. The molecular formula is C12H12F3NO2. The van der Waals surface area contributed by atoms with E-state index in [1.165, 1.54) is 24.3 Å². The van der Waals surface area contributed by atoms with Crippen LogP contribution >= 0.6 is 0 Å². The van der Waals surface area contributed by atoms with Crippen LogP contribution in [0.1, 0.15) is 35.3 Å². The summed E-state index contributed by atoms with van der Waals surface area (Å²) in [6, 6.07) is 4.56. The first-order valence-electron chi connectivity index (χ1n) is 5.21. The lowest BCUT2D eigenvalue weighted by molar-refractivity contribution is -0.142. The molecule has 98 valence electrons. The molecule has 0 aliphatic carbocycles. The summed E-state index contributed by atoms with van der Waals surface area (Å²) in [4.78, 5) is 21.5. The van der Waals surface area contributed by atoms with Gasteiger partial charge in [0, 0.05) is 12.5 Å². The van der Waals surface area contributed by atoms with Crippen molar-refractivity contribution in [2.24, 2.45) is 0 Å². The number of rotatable bonds is 4. The number of carbonyl (C=O) groups excluding carboxylic acids is 2. The summed E-state index contributed by atoms with van der Waals surface area (Å²) in [6.45, 7) is 1.15. The molecule has 1 aromatic carbocycles. The van der Waals surface area contributed by atoms with Crippen LogP contribution in [0.5, 0.6) is 0 Å². The Kier molecular flexibility index (Phi) is 4.47. The first-order chi connectivity index (χ1) is 8.31. The summed E-state index contributed by atoms with van der Waals surface area (Å²) < 4.78 is 37.2. The molecular weight excluding hydrogens is 247 g/mol. The van der Waals surface area contributed by atoms with E-state index >= 15 is 0 Å². The summed E-state index contributed by atoms with van der Waals surface area (Å²) in [5.74, 6) is -0.555. The van der Waals surface area contributed by atoms with Crippen molar-refractivity contribution in [3.8, 4) is 0 Å². The Hall–Kier alpha value is -1.85. The molecule has 0 spiro atoms. The highest BCUT2D eigenvalue weighted by Gasteiger charge is 2.33. The third kappa shape index (κ3) is 4.57. The molecule has 1 N–H and O–H groups in total. The number of alkyl halides is 3. The van der Waals surface area contributed by atoms with Crippen LogP contribution < -0.4 is 5.32 Å². The predicted octanol–water partition coefficient (Wildman–Crippen LogP) is 2.63. The van der Waals surface area contributed by atoms with E-state index < -0.39 is 24.5 Å². The first kappa shape index (κ1) is 14.2. The van der Waals surface area contributed by atoms with Crippen molar-refractivity contribution in [3.63, 3.8) is 0 Å². The van der Waals surface area contributed by atoms with Gasteiger partial charge in [-0.05, 0) is 11.6 Å². The summed E-state index contributed by atoms with van der Waals surface area (Å²) in [7, 11) is 0. The molecule has 1 rings (SSSR count). The highest BCUT2D eigenvalue weighted by Crippen LogP contribution is 2.29. The van der Waals surface area contributed by atoms with Crippen molar-refractivity contribution >= 4 is 12.2 Å². The predicted molar refractivity (Wildman–Crippen MR) is 59.1 cm³/mol. The molecule has 1 amide bonds. The van der Waals surface area contributed by atoms with Crippen molar-refractivity contribution in [1.82, 2.24) is 5.32 Å². The molecule has 6 heteroatoms. The molecule has 1 aromatic rings. The molecule has 0 bridgehead atoms. The molecule has 18 heavy (non-hydrogen) atoms. The van der Waals surface area contributed by atoms with E-state index in [0.29, 0.717) is 6.29 Å². The first-order valence-corrected chi connectivity index (χ1v) is 5.21. The number of nitrogens with one attached hydrogen (secondary N) is 1. The van der Waals surface area contributed by atoms with Crippen molar-refractivity contribution in [2.75, 3.05) is 0 Å². The van der Waals surface area contributed by atoms with Gasteiger partial charge in [0.15, 0.2) is 0 Å². The average molecular weight is 259 g/mol. The van der Waals surface area contributed by atoms with E-state index in [9.17, 15) is 22.8 Å². The van der Waals surface area contributed by atoms with Gasteiger partial charge in [-0.15, -0.1) is 0 Å². The smallest absolute Gasteiger partial charge is 0.349 e. The second kappa shape index (κ2) is 5.66. The Morgan fingerprint density at radius 1 is 1.44 bits per heavy atom. The van der Waals surface area contributed by atoms with Gasteiger partial charge in [0.25, 0.3) is 0 Å². The van der Waals surface area contributed by atoms with Gasteiger partial charge in [-0.2, -0.15) is 13.2 Å². The summed E-state index contributed by atoms with van der Waals surface area (Å²) in [5, 5.41) is 2.23. The number of carbonyl (C=O) groups is 2. The molecule has 0 aromatic heterocycles. The van der Waals surface area contributed by atoms with Crippen molar-refractivity contribution in [3.05, 3.63) is 35.4 Å². The normalized spacial score (nSPS) is 12.9. The fourth-order valence-corrected chi connectivity index (χ4v) is 1.58. The van der Waals surface area contributed by atoms with Gasteiger partial charge in [0.05, 0.1) is 12.5 Å². The lowest BCUT2D eigenvalue weighted by Gasteiger charge is -2.20. The van der Waals surface area contributed by atoms with Crippen LogP contribution in [-0.4, -0.2) is 18.4 Å². The number of aldehydes is 1. The van der Waals surface area contributed by atoms with Gasteiger partial charge in [-0.3, -0.25) is 9.59 Å². The number of hydrogen-bond donors (Lipinski definition) is 1. The Balaban J connectivity index is 3.00. The van der Waals surface area contributed by atoms with Gasteiger partial charge in [-0.1, -0.05) is 18.2 Å². The van der Waals surface area contributed by atoms with Crippen LogP contribution in [0.3, 0.4) is 0 Å². The molecule has 0 aliphatic rings. The average Bonchev–Trinajstić information content (AvgIpc) is 2.26. The summed E-state index contributed by atoms with van der Waals surface area (Å²) in [5.41, 5.74) is 0.525. The van der Waals surface area contributed by atoms with Gasteiger partial charge < -0.3 is 5.32 Å². The van der Waals surface area contributed by atoms with Crippen LogP contribution in [0.25, 0.3) is 0 Å². The fourth-order valence-electron chi connectivity index (χ4n) is 1.58. The van der Waals surface area contributed by atoms with Crippen molar-refractivity contribution in [2.45, 2.75) is 25.6 Å². The van der Waals surface area contributed by atoms with Crippen LogP contribution in [0.4, 0.5) is 13.2 Å². The molecule has 0 radical (unpaired) electrons. The maximum Gasteiger partial charge on any atom is 0.391 e. The van der Waals surface area contributed by atoms with Crippen molar-refractivity contribution in [1.29, 1.82) is 0 Å². The Bertz CT molecular complexity index is 443. The standard InChI is InChI=1S/C12H12F3NO2/c1-8(18)16-11(6-12(13,14)15)10-4-2-3-9(5-10)7-17/h2-5,7,11H,6H2,1H3,(H,16,18)/t11-/m0/s1. The minimum atomic E-state index is -4.40. The minimum absolute atomic E-state index is 0.257. The third-order valence-corrected chi connectivity index (χ3v) is 2.26. The van der Waals surface area contributed by atoms with Crippen LogP contribution in [0.15, 0.2) is 24.3 Å². The summed E-state index contributed by atoms with van der Waals surface area (Å²) in [6.07, 6.45) is -5.03. The highest BCUT2D eigenvalue weighted by atomic mass is 19.4. The number of halogens is 3. The fraction of sp³-hybridized carbons (Fsp3) is 0.333. The second-order valence-electron chi connectivity index (χ2n) is 3.86. The topological polar surface area (TPSA) is 46.2 Å². The molecule has 1 atom stereocenters. The zero-order valence-electron chi connectivity index (χ0n) is 9.62. The molecule has 0 fully saturated rings. The van der Waals surface area contributed by atoms with Gasteiger partial charge in [0.1, 0.15) is 6.29 Å². The lowest BCUT2D eigenvalue weighted by Crippen LogP contribution is -2.30. The van der Waals surface area contributed by atoms with Gasteiger partial charge >= 0.3 is 6.18 Å². The molecule has 0 saturated carbocycles. The van der Waals surface area contributed by atoms with Crippen LogP contribution in [0, 0.1) is 0 Å². The number of amides is 1. The maximum atomic E-state index is 12.4. The molecule has 0 unspecified atom stereocenters. The molecule has 0 aliphatic heterocycles. The second-order valence-corrected chi connectivity index (χ2v) is 3.86. The van der Waals surface area contributed by atoms with E-state index in [1.54, 1.807) is 0 Å².